The summed E-state index contributed by atoms with van der Waals surface area (Å²) in [5.74, 6) is 0.951. The molecule has 9 nitrogen and oxygen atoms in total. The molecule has 1 fully saturated rings. The zero-order valence-electron chi connectivity index (χ0n) is 20.1. The first-order valence-electron chi connectivity index (χ1n) is 11.6. The zero-order valence-corrected chi connectivity index (χ0v) is 20.1. The van der Waals surface area contributed by atoms with Gasteiger partial charge in [0.25, 0.3) is 5.89 Å². The van der Waals surface area contributed by atoms with Crippen molar-refractivity contribution in [1.29, 1.82) is 0 Å². The van der Waals surface area contributed by atoms with Crippen LogP contribution in [0, 0.1) is 5.82 Å². The van der Waals surface area contributed by atoms with E-state index in [1.165, 1.54) is 19.2 Å². The largest absolute Gasteiger partial charge is 0.495 e. The average molecular weight is 492 g/mol. The first-order chi connectivity index (χ1) is 17.6. The van der Waals surface area contributed by atoms with Gasteiger partial charge in [-0.25, -0.2) is 4.39 Å². The number of hydrogen-bond donors (Lipinski definition) is 0. The quantitative estimate of drug-likeness (QED) is 0.390. The van der Waals surface area contributed by atoms with Crippen LogP contribution in [-0.4, -0.2) is 65.9 Å². The van der Waals surface area contributed by atoms with Crippen LogP contribution in [-0.2, 0) is 11.3 Å². The van der Waals surface area contributed by atoms with Gasteiger partial charge in [-0.05, 0) is 42.5 Å². The summed E-state index contributed by atoms with van der Waals surface area (Å²) in [7, 11) is 3.06. The van der Waals surface area contributed by atoms with E-state index in [0.717, 1.165) is 24.5 Å². The second-order valence-corrected chi connectivity index (χ2v) is 8.33. The van der Waals surface area contributed by atoms with E-state index in [4.69, 9.17) is 14.0 Å². The fourth-order valence-corrected chi connectivity index (χ4v) is 4.33. The number of hydrogen-bond acceptors (Lipinski definition) is 7. The summed E-state index contributed by atoms with van der Waals surface area (Å²) in [6.45, 7) is 2.81. The van der Waals surface area contributed by atoms with Crippen LogP contribution in [0.3, 0.4) is 0 Å². The summed E-state index contributed by atoms with van der Waals surface area (Å²) in [4.78, 5) is 21.6. The van der Waals surface area contributed by atoms with Crippen molar-refractivity contribution in [3.05, 3.63) is 66.6 Å². The van der Waals surface area contributed by atoms with Gasteiger partial charge in [0.05, 0.1) is 19.9 Å². The van der Waals surface area contributed by atoms with Crippen molar-refractivity contribution in [2.45, 2.75) is 6.54 Å². The molecule has 4 aromatic rings. The maximum Gasteiger partial charge on any atom is 0.274 e. The monoisotopic (exact) mass is 491 g/mol. The highest BCUT2D eigenvalue weighted by atomic mass is 19.1. The molecule has 186 valence electrons. The Morgan fingerprint density at radius 3 is 2.53 bits per heavy atom. The number of nitrogens with zero attached hydrogens (tertiary/aromatic N) is 5. The molecule has 0 bridgehead atoms. The molecule has 1 aliphatic heterocycles. The van der Waals surface area contributed by atoms with Gasteiger partial charge in [-0.15, -0.1) is 0 Å². The molecule has 0 unspecified atom stereocenters. The van der Waals surface area contributed by atoms with E-state index in [-0.39, 0.29) is 29.9 Å². The topological polar surface area (TPSA) is 85.9 Å². The second kappa shape index (κ2) is 10.1. The molecule has 0 atom stereocenters. The number of carbonyl (C=O) groups is 1. The summed E-state index contributed by atoms with van der Waals surface area (Å²) >= 11 is 0. The van der Waals surface area contributed by atoms with Crippen LogP contribution in [0.5, 0.6) is 11.5 Å². The van der Waals surface area contributed by atoms with Crippen LogP contribution in [0.4, 0.5) is 10.1 Å². The van der Waals surface area contributed by atoms with Crippen LogP contribution in [0.15, 0.2) is 65.3 Å². The molecule has 1 aliphatic rings. The van der Waals surface area contributed by atoms with E-state index < -0.39 is 5.82 Å². The average Bonchev–Trinajstić information content (AvgIpc) is 3.58. The molecule has 3 heterocycles. The molecule has 0 spiro atoms. The summed E-state index contributed by atoms with van der Waals surface area (Å²) in [5, 5.41) is 3.98. The van der Waals surface area contributed by atoms with E-state index in [2.05, 4.69) is 15.0 Å². The Balaban J connectivity index is 1.25. The molecular formula is C26H26FN5O4. The Morgan fingerprint density at radius 2 is 1.78 bits per heavy atom. The van der Waals surface area contributed by atoms with Crippen molar-refractivity contribution < 1.29 is 23.2 Å². The maximum atomic E-state index is 14.1. The van der Waals surface area contributed by atoms with Crippen molar-refractivity contribution in [3.63, 3.8) is 0 Å². The first kappa shape index (κ1) is 23.4. The van der Waals surface area contributed by atoms with E-state index in [0.29, 0.717) is 24.3 Å². The lowest BCUT2D eigenvalue weighted by Crippen LogP contribution is -2.49. The van der Waals surface area contributed by atoms with Crippen LogP contribution in [0.25, 0.3) is 23.0 Å². The van der Waals surface area contributed by atoms with Gasteiger partial charge in [0.15, 0.2) is 11.6 Å². The van der Waals surface area contributed by atoms with Gasteiger partial charge in [-0.1, -0.05) is 17.3 Å². The van der Waals surface area contributed by atoms with E-state index in [1.807, 2.05) is 35.2 Å². The fraction of sp³-hybridized carbons (Fsp3) is 0.269. The Morgan fingerprint density at radius 1 is 1.00 bits per heavy atom. The summed E-state index contributed by atoms with van der Waals surface area (Å²) in [6, 6.07) is 16.0. The van der Waals surface area contributed by atoms with Crippen molar-refractivity contribution in [2.75, 3.05) is 45.3 Å². The number of piperazine rings is 1. The fourth-order valence-electron chi connectivity index (χ4n) is 4.33. The minimum absolute atomic E-state index is 0.00379. The summed E-state index contributed by atoms with van der Waals surface area (Å²) in [6.07, 6.45) is 1.80. The summed E-state index contributed by atoms with van der Waals surface area (Å²) < 4.78 is 31.7. The molecule has 0 aliphatic carbocycles. The van der Waals surface area contributed by atoms with E-state index in [1.54, 1.807) is 30.0 Å². The number of methoxy groups -OCH3 is 2. The maximum absolute atomic E-state index is 14.1. The minimum atomic E-state index is -0.513. The Hall–Kier alpha value is -4.34. The molecule has 0 radical (unpaired) electrons. The standard InChI is InChI=1S/C26H26FN5O4/c1-34-22-10-9-18(16-19(22)27)25-28-26(36-29-25)21-7-5-11-32(21)17-24(33)31-14-12-30(13-15-31)20-6-3-4-8-23(20)35-2/h3-11,16H,12-15,17H2,1-2H3. The highest BCUT2D eigenvalue weighted by Crippen LogP contribution is 2.29. The van der Waals surface area contributed by atoms with E-state index in [9.17, 15) is 9.18 Å². The normalized spacial score (nSPS) is 13.6. The molecule has 0 saturated carbocycles. The number of benzene rings is 2. The number of ether oxygens (including phenoxy) is 2. The van der Waals surface area contributed by atoms with Gasteiger partial charge >= 0.3 is 0 Å². The lowest BCUT2D eigenvalue weighted by atomic mass is 10.2. The van der Waals surface area contributed by atoms with Crippen LogP contribution < -0.4 is 14.4 Å². The third-order valence-electron chi connectivity index (χ3n) is 6.25. The lowest BCUT2D eigenvalue weighted by molar-refractivity contribution is -0.132. The predicted octanol–water partition coefficient (Wildman–Crippen LogP) is 3.71. The molecule has 10 heteroatoms. The van der Waals surface area contributed by atoms with Crippen molar-refractivity contribution in [1.82, 2.24) is 19.6 Å². The molecule has 2 aromatic heterocycles. The highest BCUT2D eigenvalue weighted by molar-refractivity contribution is 5.77. The number of rotatable bonds is 7. The molecule has 36 heavy (non-hydrogen) atoms. The van der Waals surface area contributed by atoms with Crippen molar-refractivity contribution in [2.24, 2.45) is 0 Å². The SMILES string of the molecule is COc1ccc(-c2noc(-c3cccn3CC(=O)N3CCN(c4ccccc4OC)CC3)n2)cc1F. The molecule has 1 saturated heterocycles. The van der Waals surface area contributed by atoms with Gasteiger partial charge in [0.2, 0.25) is 11.7 Å². The first-order valence-corrected chi connectivity index (χ1v) is 11.6. The van der Waals surface area contributed by atoms with Crippen LogP contribution >= 0.6 is 0 Å². The van der Waals surface area contributed by atoms with Gasteiger partial charge in [-0.3, -0.25) is 4.79 Å². The highest BCUT2D eigenvalue weighted by Gasteiger charge is 2.24. The van der Waals surface area contributed by atoms with Crippen LogP contribution in [0.1, 0.15) is 0 Å². The Bertz CT molecular complexity index is 1360. The Kier molecular flexibility index (Phi) is 6.57. The number of para-hydroxylation sites is 2. The summed E-state index contributed by atoms with van der Waals surface area (Å²) in [5.41, 5.74) is 2.11. The second-order valence-electron chi connectivity index (χ2n) is 8.33. The van der Waals surface area contributed by atoms with E-state index >= 15 is 0 Å². The van der Waals surface area contributed by atoms with Crippen LogP contribution in [0.2, 0.25) is 0 Å². The van der Waals surface area contributed by atoms with Gasteiger partial charge in [0, 0.05) is 37.9 Å². The number of aromatic nitrogens is 3. The number of amides is 1. The van der Waals surface area contributed by atoms with Gasteiger partial charge in [0.1, 0.15) is 18.0 Å². The zero-order chi connectivity index (χ0) is 25.1. The third-order valence-corrected chi connectivity index (χ3v) is 6.25. The number of anilines is 1. The number of halogens is 1. The van der Waals surface area contributed by atoms with Gasteiger partial charge in [-0.2, -0.15) is 4.98 Å². The Labute approximate surface area is 207 Å². The van der Waals surface area contributed by atoms with Crippen molar-refractivity contribution >= 4 is 11.6 Å². The predicted molar refractivity (Wildman–Crippen MR) is 131 cm³/mol. The minimum Gasteiger partial charge on any atom is -0.495 e. The third kappa shape index (κ3) is 4.61. The molecule has 5 rings (SSSR count). The smallest absolute Gasteiger partial charge is 0.274 e. The number of carbonyl (C=O) groups excluding carboxylic acids is 1. The molecule has 2 aromatic carbocycles. The molecule has 1 amide bonds. The van der Waals surface area contributed by atoms with Gasteiger partial charge < -0.3 is 28.4 Å². The molecular weight excluding hydrogens is 465 g/mol. The lowest BCUT2D eigenvalue weighted by Gasteiger charge is -2.36. The van der Waals surface area contributed by atoms with Crippen molar-refractivity contribution in [3.8, 4) is 34.5 Å². The molecule has 0 N–H and O–H groups in total.